The smallest absolute Gasteiger partial charge is 0.416 e. The highest BCUT2D eigenvalue weighted by Crippen LogP contribution is 2.31. The molecule has 0 aliphatic carbocycles. The van der Waals surface area contributed by atoms with Crippen molar-refractivity contribution in [3.05, 3.63) is 76.0 Å². The van der Waals surface area contributed by atoms with Gasteiger partial charge in [-0.2, -0.15) is 13.2 Å². The number of nitro groups is 1. The van der Waals surface area contributed by atoms with Crippen molar-refractivity contribution in [3.8, 4) is 17.1 Å². The number of hydrogen-bond donors (Lipinski definition) is 1. The molecule has 1 aliphatic heterocycles. The summed E-state index contributed by atoms with van der Waals surface area (Å²) in [6.07, 6.45) is -3.84. The molecule has 172 valence electrons. The van der Waals surface area contributed by atoms with Crippen molar-refractivity contribution in [2.75, 3.05) is 6.61 Å². The minimum atomic E-state index is -4.39. The van der Waals surface area contributed by atoms with Crippen LogP contribution in [-0.4, -0.2) is 33.2 Å². The van der Waals surface area contributed by atoms with E-state index in [0.29, 0.717) is 11.1 Å². The van der Waals surface area contributed by atoms with E-state index < -0.39 is 28.8 Å². The Morgan fingerprint density at radius 3 is 2.42 bits per heavy atom. The lowest BCUT2D eigenvalue weighted by Gasteiger charge is -2.22. The number of carbonyl (C=O) groups excluding carboxylic acids is 1. The summed E-state index contributed by atoms with van der Waals surface area (Å²) in [5.41, 5.74) is 1.33. The number of hydrogen-bond acceptors (Lipinski definition) is 6. The average molecular weight is 462 g/mol. The van der Waals surface area contributed by atoms with E-state index in [1.54, 1.807) is 24.3 Å². The van der Waals surface area contributed by atoms with E-state index in [0.717, 1.165) is 17.7 Å². The van der Waals surface area contributed by atoms with Gasteiger partial charge >= 0.3 is 24.1 Å². The van der Waals surface area contributed by atoms with E-state index in [9.17, 15) is 28.1 Å². The SMILES string of the molecule is O=C(N[C@@H]1COc2nc([N+](=O)[O-])cn2C1)OCc1ccc(-c2ccc(C(F)(F)F)cc2)cc1. The Kier molecular flexibility index (Phi) is 5.90. The number of nitrogens with one attached hydrogen (secondary N) is 1. The fourth-order valence-electron chi connectivity index (χ4n) is 3.27. The summed E-state index contributed by atoms with van der Waals surface area (Å²) in [4.78, 5) is 26.0. The van der Waals surface area contributed by atoms with Crippen LogP contribution in [0.15, 0.2) is 54.7 Å². The Labute approximate surface area is 184 Å². The van der Waals surface area contributed by atoms with Crippen molar-refractivity contribution < 1.29 is 32.4 Å². The first-order valence-corrected chi connectivity index (χ1v) is 9.73. The highest BCUT2D eigenvalue weighted by Gasteiger charge is 2.30. The molecule has 0 bridgehead atoms. The monoisotopic (exact) mass is 462 g/mol. The first-order valence-electron chi connectivity index (χ1n) is 9.73. The predicted octanol–water partition coefficient (Wildman–Crippen LogP) is 4.16. The largest absolute Gasteiger partial charge is 0.445 e. The summed E-state index contributed by atoms with van der Waals surface area (Å²) in [7, 11) is 0. The van der Waals surface area contributed by atoms with Gasteiger partial charge in [-0.25, -0.2) is 4.79 Å². The highest BCUT2D eigenvalue weighted by molar-refractivity contribution is 5.68. The van der Waals surface area contributed by atoms with Crippen LogP contribution >= 0.6 is 0 Å². The Hall–Kier alpha value is -4.09. The molecular weight excluding hydrogens is 445 g/mol. The highest BCUT2D eigenvalue weighted by atomic mass is 19.4. The number of aromatic nitrogens is 2. The molecule has 0 unspecified atom stereocenters. The van der Waals surface area contributed by atoms with Gasteiger partial charge in [-0.1, -0.05) is 36.4 Å². The molecule has 0 saturated heterocycles. The number of carbonyl (C=O) groups is 1. The maximum atomic E-state index is 12.7. The Bertz CT molecular complexity index is 1160. The van der Waals surface area contributed by atoms with E-state index >= 15 is 0 Å². The zero-order valence-corrected chi connectivity index (χ0v) is 16.9. The third-order valence-corrected chi connectivity index (χ3v) is 4.94. The average Bonchev–Trinajstić information content (AvgIpc) is 3.21. The van der Waals surface area contributed by atoms with Crippen LogP contribution < -0.4 is 10.1 Å². The number of alkyl carbamates (subject to hydrolysis) is 1. The summed E-state index contributed by atoms with van der Waals surface area (Å²) in [6, 6.07) is 11.4. The molecule has 12 heteroatoms. The second kappa shape index (κ2) is 8.81. The van der Waals surface area contributed by atoms with E-state index in [-0.39, 0.29) is 31.6 Å². The van der Waals surface area contributed by atoms with Gasteiger partial charge in [-0.3, -0.25) is 4.57 Å². The number of rotatable bonds is 5. The van der Waals surface area contributed by atoms with Gasteiger partial charge in [0.15, 0.2) is 0 Å². The van der Waals surface area contributed by atoms with Crippen molar-refractivity contribution >= 4 is 11.9 Å². The van der Waals surface area contributed by atoms with Crippen molar-refractivity contribution in [3.63, 3.8) is 0 Å². The molecule has 0 saturated carbocycles. The van der Waals surface area contributed by atoms with Gasteiger partial charge < -0.3 is 24.9 Å². The molecule has 9 nitrogen and oxygen atoms in total. The molecule has 0 spiro atoms. The minimum absolute atomic E-state index is 0.0193. The molecule has 33 heavy (non-hydrogen) atoms. The van der Waals surface area contributed by atoms with Crippen LogP contribution in [0.5, 0.6) is 6.01 Å². The molecule has 2 heterocycles. The number of halogens is 3. The third-order valence-electron chi connectivity index (χ3n) is 4.94. The van der Waals surface area contributed by atoms with Crippen molar-refractivity contribution in [1.82, 2.24) is 14.9 Å². The molecule has 1 N–H and O–H groups in total. The lowest BCUT2D eigenvalue weighted by molar-refractivity contribution is -0.389. The van der Waals surface area contributed by atoms with Crippen molar-refractivity contribution in [2.24, 2.45) is 0 Å². The Balaban J connectivity index is 1.28. The zero-order valence-electron chi connectivity index (χ0n) is 16.9. The lowest BCUT2D eigenvalue weighted by atomic mass is 10.0. The van der Waals surface area contributed by atoms with Crippen LogP contribution in [0.1, 0.15) is 11.1 Å². The summed E-state index contributed by atoms with van der Waals surface area (Å²) in [6.45, 7) is 0.312. The Morgan fingerprint density at radius 1 is 1.18 bits per heavy atom. The number of benzene rings is 2. The standard InChI is InChI=1S/C21H17F3N4O5/c22-21(23,24)16-7-5-15(6-8-16)14-3-1-13(2-4-14)11-33-20(29)25-17-9-27-10-18(28(30)31)26-19(27)32-12-17/h1-8,10,17H,9,11-12H2,(H,25,29)/t17-/m0/s1. The van der Waals surface area contributed by atoms with Crippen LogP contribution in [0, 0.1) is 10.1 Å². The maximum Gasteiger partial charge on any atom is 0.416 e. The van der Waals surface area contributed by atoms with Gasteiger partial charge in [-0.15, -0.1) is 0 Å². The van der Waals surface area contributed by atoms with Crippen LogP contribution in [0.2, 0.25) is 0 Å². The molecule has 1 aromatic heterocycles. The second-order valence-corrected chi connectivity index (χ2v) is 7.29. The van der Waals surface area contributed by atoms with Crippen LogP contribution in [0.25, 0.3) is 11.1 Å². The molecule has 1 atom stereocenters. The summed E-state index contributed by atoms with van der Waals surface area (Å²) in [5.74, 6) is -0.340. The quantitative estimate of drug-likeness (QED) is 0.451. The van der Waals surface area contributed by atoms with Crippen LogP contribution in [0.4, 0.5) is 23.8 Å². The number of alkyl halides is 3. The summed E-state index contributed by atoms with van der Waals surface area (Å²) >= 11 is 0. The van der Waals surface area contributed by atoms with E-state index in [4.69, 9.17) is 9.47 Å². The normalized spacial score (nSPS) is 15.3. The number of amides is 1. The first-order chi connectivity index (χ1) is 15.7. The van der Waals surface area contributed by atoms with Gasteiger partial charge in [0.05, 0.1) is 18.2 Å². The molecular formula is C21H17F3N4O5. The molecule has 1 amide bonds. The summed E-state index contributed by atoms with van der Waals surface area (Å²) < 4.78 is 50.0. The predicted molar refractivity (Wildman–Crippen MR) is 108 cm³/mol. The van der Waals surface area contributed by atoms with E-state index in [1.165, 1.54) is 22.9 Å². The Morgan fingerprint density at radius 2 is 1.82 bits per heavy atom. The van der Waals surface area contributed by atoms with Gasteiger partial charge in [0.1, 0.15) is 19.4 Å². The molecule has 3 aromatic rings. The lowest BCUT2D eigenvalue weighted by Crippen LogP contribution is -2.44. The molecule has 0 fully saturated rings. The molecule has 1 aliphatic rings. The fourth-order valence-corrected chi connectivity index (χ4v) is 3.27. The summed E-state index contributed by atoms with van der Waals surface area (Å²) in [5, 5.41) is 13.4. The zero-order chi connectivity index (χ0) is 23.6. The number of ether oxygens (including phenoxy) is 2. The third kappa shape index (κ3) is 5.22. The van der Waals surface area contributed by atoms with Gasteiger partial charge in [0.2, 0.25) is 0 Å². The van der Waals surface area contributed by atoms with E-state index in [2.05, 4.69) is 10.3 Å². The van der Waals surface area contributed by atoms with E-state index in [1.807, 2.05) is 0 Å². The number of fused-ring (bicyclic) bond motifs is 1. The number of imidazole rings is 1. The minimum Gasteiger partial charge on any atom is -0.445 e. The van der Waals surface area contributed by atoms with Crippen molar-refractivity contribution in [1.29, 1.82) is 0 Å². The van der Waals surface area contributed by atoms with Crippen LogP contribution in [0.3, 0.4) is 0 Å². The van der Waals surface area contributed by atoms with Crippen molar-refractivity contribution in [2.45, 2.75) is 25.4 Å². The number of nitrogens with zero attached hydrogens (tertiary/aromatic N) is 3. The second-order valence-electron chi connectivity index (χ2n) is 7.29. The molecule has 4 rings (SSSR count). The maximum absolute atomic E-state index is 12.7. The fraction of sp³-hybridized carbons (Fsp3) is 0.238. The molecule has 0 radical (unpaired) electrons. The topological polar surface area (TPSA) is 109 Å². The van der Waals surface area contributed by atoms with Gasteiger partial charge in [0, 0.05) is 4.98 Å². The van der Waals surface area contributed by atoms with Gasteiger partial charge in [0.25, 0.3) is 0 Å². The first kappa shape index (κ1) is 22.1. The molecule has 2 aromatic carbocycles. The van der Waals surface area contributed by atoms with Gasteiger partial charge in [-0.05, 0) is 33.7 Å². The van der Waals surface area contributed by atoms with Crippen LogP contribution in [-0.2, 0) is 24.1 Å².